The standard InChI is InChI=1S/C20H21N5O4/c1-3-12-29-15-10-8-14(9-11-15)19-22-24-25(23-19)13-18(26)21-17-7-5-4-6-16(17)20(27)28-2/h4-11H,3,12-13H2,1-2H3,(H,21,26). The highest BCUT2D eigenvalue weighted by Gasteiger charge is 2.15. The zero-order valence-electron chi connectivity index (χ0n) is 16.2. The van der Waals surface area contributed by atoms with Gasteiger partial charge in [-0.05, 0) is 48.0 Å². The second-order valence-corrected chi connectivity index (χ2v) is 6.10. The number of benzene rings is 2. The summed E-state index contributed by atoms with van der Waals surface area (Å²) in [5.41, 5.74) is 1.38. The predicted octanol–water partition coefficient (Wildman–Crippen LogP) is 2.55. The average Bonchev–Trinajstić information content (AvgIpc) is 3.20. The Morgan fingerprint density at radius 3 is 2.59 bits per heavy atom. The summed E-state index contributed by atoms with van der Waals surface area (Å²) >= 11 is 0. The number of carbonyl (C=O) groups excluding carboxylic acids is 2. The molecule has 1 heterocycles. The molecule has 29 heavy (non-hydrogen) atoms. The van der Waals surface area contributed by atoms with Gasteiger partial charge in [-0.3, -0.25) is 4.79 Å². The number of carbonyl (C=O) groups is 2. The number of rotatable bonds is 8. The Balaban J connectivity index is 1.64. The number of aromatic nitrogens is 4. The summed E-state index contributed by atoms with van der Waals surface area (Å²) in [6, 6.07) is 13.9. The van der Waals surface area contributed by atoms with Crippen molar-refractivity contribution in [3.8, 4) is 17.1 Å². The number of para-hydroxylation sites is 1. The highest BCUT2D eigenvalue weighted by molar-refractivity contribution is 6.01. The molecular formula is C20H21N5O4. The second-order valence-electron chi connectivity index (χ2n) is 6.10. The quantitative estimate of drug-likeness (QED) is 0.584. The van der Waals surface area contributed by atoms with Crippen LogP contribution < -0.4 is 10.1 Å². The number of hydrogen-bond donors (Lipinski definition) is 1. The summed E-state index contributed by atoms with van der Waals surface area (Å²) in [7, 11) is 1.28. The third-order valence-electron chi connectivity index (χ3n) is 3.93. The smallest absolute Gasteiger partial charge is 0.339 e. The van der Waals surface area contributed by atoms with Gasteiger partial charge in [-0.15, -0.1) is 10.2 Å². The molecule has 0 radical (unpaired) electrons. The van der Waals surface area contributed by atoms with Crippen LogP contribution in [0.5, 0.6) is 5.75 Å². The van der Waals surface area contributed by atoms with Crippen LogP contribution in [0.4, 0.5) is 5.69 Å². The van der Waals surface area contributed by atoms with E-state index in [0.29, 0.717) is 18.1 Å². The molecule has 150 valence electrons. The fourth-order valence-electron chi connectivity index (χ4n) is 2.54. The van der Waals surface area contributed by atoms with Crippen LogP contribution in [0.2, 0.25) is 0 Å². The van der Waals surface area contributed by atoms with E-state index in [4.69, 9.17) is 9.47 Å². The number of ether oxygens (including phenoxy) is 2. The van der Waals surface area contributed by atoms with Crippen molar-refractivity contribution in [1.29, 1.82) is 0 Å². The lowest BCUT2D eigenvalue weighted by molar-refractivity contribution is -0.117. The van der Waals surface area contributed by atoms with E-state index < -0.39 is 11.9 Å². The Labute approximate surface area is 167 Å². The normalized spacial score (nSPS) is 10.4. The van der Waals surface area contributed by atoms with E-state index in [2.05, 4.69) is 20.7 Å². The molecule has 0 aliphatic carbocycles. The summed E-state index contributed by atoms with van der Waals surface area (Å²) in [4.78, 5) is 25.3. The Kier molecular flexibility index (Phi) is 6.51. The van der Waals surface area contributed by atoms with E-state index in [0.717, 1.165) is 17.7 Å². The molecule has 0 aliphatic rings. The molecule has 9 nitrogen and oxygen atoms in total. The first-order valence-electron chi connectivity index (χ1n) is 9.09. The van der Waals surface area contributed by atoms with Gasteiger partial charge < -0.3 is 14.8 Å². The summed E-state index contributed by atoms with van der Waals surface area (Å²) < 4.78 is 10.3. The minimum absolute atomic E-state index is 0.153. The molecule has 0 saturated heterocycles. The lowest BCUT2D eigenvalue weighted by atomic mass is 10.2. The molecule has 3 rings (SSSR count). The van der Waals surface area contributed by atoms with Crippen LogP contribution in [0.1, 0.15) is 23.7 Å². The van der Waals surface area contributed by atoms with E-state index in [1.54, 1.807) is 24.3 Å². The van der Waals surface area contributed by atoms with Gasteiger partial charge in [0.05, 0.1) is 25.0 Å². The fourth-order valence-corrected chi connectivity index (χ4v) is 2.54. The largest absolute Gasteiger partial charge is 0.494 e. The number of amides is 1. The number of nitrogens with one attached hydrogen (secondary N) is 1. The molecule has 0 unspecified atom stereocenters. The predicted molar refractivity (Wildman–Crippen MR) is 105 cm³/mol. The number of hydrogen-bond acceptors (Lipinski definition) is 7. The molecule has 0 bridgehead atoms. The molecule has 0 spiro atoms. The highest BCUT2D eigenvalue weighted by atomic mass is 16.5. The van der Waals surface area contributed by atoms with Gasteiger partial charge in [0.25, 0.3) is 0 Å². The lowest BCUT2D eigenvalue weighted by Crippen LogP contribution is -2.22. The number of anilines is 1. The van der Waals surface area contributed by atoms with Gasteiger partial charge in [0.15, 0.2) is 0 Å². The maximum absolute atomic E-state index is 12.3. The molecule has 2 aromatic carbocycles. The van der Waals surface area contributed by atoms with E-state index in [1.807, 2.05) is 31.2 Å². The number of methoxy groups -OCH3 is 1. The van der Waals surface area contributed by atoms with Gasteiger partial charge in [0, 0.05) is 5.56 Å². The summed E-state index contributed by atoms with van der Waals surface area (Å²) in [5.74, 6) is 0.239. The molecule has 1 aromatic heterocycles. The second kappa shape index (κ2) is 9.45. The van der Waals surface area contributed by atoms with Gasteiger partial charge in [0.1, 0.15) is 12.3 Å². The fraction of sp³-hybridized carbons (Fsp3) is 0.250. The molecule has 1 N–H and O–H groups in total. The molecule has 0 atom stereocenters. The number of esters is 1. The third kappa shape index (κ3) is 5.16. The van der Waals surface area contributed by atoms with Crippen LogP contribution in [0.3, 0.4) is 0 Å². The number of tetrazole rings is 1. The minimum Gasteiger partial charge on any atom is -0.494 e. The molecule has 9 heteroatoms. The first-order valence-corrected chi connectivity index (χ1v) is 9.09. The first-order chi connectivity index (χ1) is 14.1. The summed E-state index contributed by atoms with van der Waals surface area (Å²) in [6.07, 6.45) is 0.934. The molecule has 0 saturated carbocycles. The highest BCUT2D eigenvalue weighted by Crippen LogP contribution is 2.19. The zero-order valence-corrected chi connectivity index (χ0v) is 16.2. The lowest BCUT2D eigenvalue weighted by Gasteiger charge is -2.09. The van der Waals surface area contributed by atoms with Crippen molar-refractivity contribution < 1.29 is 19.1 Å². The van der Waals surface area contributed by atoms with E-state index in [9.17, 15) is 9.59 Å². The van der Waals surface area contributed by atoms with Gasteiger partial charge in [0.2, 0.25) is 11.7 Å². The van der Waals surface area contributed by atoms with Crippen LogP contribution >= 0.6 is 0 Å². The van der Waals surface area contributed by atoms with Crippen LogP contribution in [0.15, 0.2) is 48.5 Å². The third-order valence-corrected chi connectivity index (χ3v) is 3.93. The Morgan fingerprint density at radius 1 is 1.10 bits per heavy atom. The molecule has 0 aliphatic heterocycles. The zero-order chi connectivity index (χ0) is 20.6. The van der Waals surface area contributed by atoms with Gasteiger partial charge in [-0.2, -0.15) is 4.80 Å². The van der Waals surface area contributed by atoms with E-state index in [-0.39, 0.29) is 12.1 Å². The topological polar surface area (TPSA) is 108 Å². The van der Waals surface area contributed by atoms with Crippen molar-refractivity contribution in [3.63, 3.8) is 0 Å². The Hall–Kier alpha value is -3.75. The average molecular weight is 395 g/mol. The van der Waals surface area contributed by atoms with Crippen molar-refractivity contribution in [1.82, 2.24) is 20.2 Å². The molecular weight excluding hydrogens is 374 g/mol. The van der Waals surface area contributed by atoms with Crippen molar-refractivity contribution in [2.24, 2.45) is 0 Å². The van der Waals surface area contributed by atoms with Crippen LogP contribution in [0, 0.1) is 0 Å². The maximum Gasteiger partial charge on any atom is 0.339 e. The number of nitrogens with zero attached hydrogens (tertiary/aromatic N) is 4. The maximum atomic E-state index is 12.3. The van der Waals surface area contributed by atoms with Crippen molar-refractivity contribution in [3.05, 3.63) is 54.1 Å². The van der Waals surface area contributed by atoms with Crippen molar-refractivity contribution in [2.75, 3.05) is 19.0 Å². The Morgan fingerprint density at radius 2 is 1.86 bits per heavy atom. The Bertz CT molecular complexity index is 985. The van der Waals surface area contributed by atoms with Crippen molar-refractivity contribution in [2.45, 2.75) is 19.9 Å². The van der Waals surface area contributed by atoms with Gasteiger partial charge in [-0.1, -0.05) is 19.1 Å². The molecule has 0 fully saturated rings. The summed E-state index contributed by atoms with van der Waals surface area (Å²) in [5, 5.41) is 14.8. The van der Waals surface area contributed by atoms with Crippen LogP contribution in [0.25, 0.3) is 11.4 Å². The van der Waals surface area contributed by atoms with E-state index >= 15 is 0 Å². The van der Waals surface area contributed by atoms with Crippen LogP contribution in [-0.4, -0.2) is 45.8 Å². The molecule has 1 amide bonds. The SMILES string of the molecule is CCCOc1ccc(-c2nnn(CC(=O)Nc3ccccc3C(=O)OC)n2)cc1. The van der Waals surface area contributed by atoms with Gasteiger partial charge in [-0.25, -0.2) is 4.79 Å². The van der Waals surface area contributed by atoms with Gasteiger partial charge >= 0.3 is 5.97 Å². The summed E-state index contributed by atoms with van der Waals surface area (Å²) in [6.45, 7) is 2.54. The minimum atomic E-state index is -0.534. The van der Waals surface area contributed by atoms with Crippen LogP contribution in [-0.2, 0) is 16.1 Å². The van der Waals surface area contributed by atoms with E-state index in [1.165, 1.54) is 11.9 Å². The first kappa shape index (κ1) is 20.0. The van der Waals surface area contributed by atoms with Crippen molar-refractivity contribution >= 4 is 17.6 Å². The monoisotopic (exact) mass is 395 g/mol. The molecule has 3 aromatic rings.